The second-order valence-electron chi connectivity index (χ2n) is 5.81. The molecule has 0 aliphatic carbocycles. The molecule has 0 atom stereocenters. The van der Waals surface area contributed by atoms with Crippen molar-refractivity contribution >= 4 is 17.8 Å². The van der Waals surface area contributed by atoms with Crippen LogP contribution in [0.25, 0.3) is 0 Å². The molecule has 0 saturated carbocycles. The van der Waals surface area contributed by atoms with Crippen LogP contribution in [0.15, 0.2) is 54.6 Å². The van der Waals surface area contributed by atoms with Gasteiger partial charge in [-0.1, -0.05) is 42.5 Å². The maximum absolute atomic E-state index is 12.0. The molecule has 6 nitrogen and oxygen atoms in total. The Bertz CT molecular complexity index is 756. The number of carboxylic acid groups (broad SMARTS) is 1. The molecule has 2 aromatic carbocycles. The number of benzene rings is 2. The molecule has 0 spiro atoms. The first-order valence-electron chi connectivity index (χ1n) is 8.24. The number of nitrogens with zero attached hydrogens (tertiary/aromatic N) is 1. The van der Waals surface area contributed by atoms with Gasteiger partial charge in [-0.05, 0) is 23.3 Å². The standard InChI is InChI=1S/C20H21NO5/c1-15(22)21(19(23)11-12-20(24)25)13-16-7-9-18(10-8-16)26-14-17-5-3-2-4-6-17/h2-10H,11-14H2,1H3,(H,24,25). The fraction of sp³-hybridized carbons (Fsp3) is 0.250. The topological polar surface area (TPSA) is 83.9 Å². The fourth-order valence-electron chi connectivity index (χ4n) is 2.34. The van der Waals surface area contributed by atoms with E-state index in [9.17, 15) is 14.4 Å². The zero-order chi connectivity index (χ0) is 18.9. The lowest BCUT2D eigenvalue weighted by Gasteiger charge is -2.19. The zero-order valence-electron chi connectivity index (χ0n) is 14.6. The highest BCUT2D eigenvalue weighted by atomic mass is 16.5. The summed E-state index contributed by atoms with van der Waals surface area (Å²) in [6.07, 6.45) is -0.498. The van der Waals surface area contributed by atoms with E-state index in [1.807, 2.05) is 30.3 Å². The third-order valence-electron chi connectivity index (χ3n) is 3.75. The van der Waals surface area contributed by atoms with Crippen molar-refractivity contribution in [3.63, 3.8) is 0 Å². The number of hydrogen-bond acceptors (Lipinski definition) is 4. The molecule has 0 aromatic heterocycles. The third-order valence-corrected chi connectivity index (χ3v) is 3.75. The Balaban J connectivity index is 1.94. The molecular formula is C20H21NO5. The van der Waals surface area contributed by atoms with Crippen LogP contribution in [0, 0.1) is 0 Å². The maximum Gasteiger partial charge on any atom is 0.303 e. The molecule has 0 heterocycles. The van der Waals surface area contributed by atoms with Crippen molar-refractivity contribution < 1.29 is 24.2 Å². The highest BCUT2D eigenvalue weighted by Crippen LogP contribution is 2.16. The van der Waals surface area contributed by atoms with Crippen molar-refractivity contribution in [2.45, 2.75) is 32.9 Å². The van der Waals surface area contributed by atoms with Gasteiger partial charge in [0.25, 0.3) is 0 Å². The summed E-state index contributed by atoms with van der Waals surface area (Å²) in [5, 5.41) is 8.67. The van der Waals surface area contributed by atoms with E-state index in [2.05, 4.69) is 0 Å². The first-order chi connectivity index (χ1) is 12.5. The molecular weight excluding hydrogens is 334 g/mol. The van der Waals surface area contributed by atoms with Gasteiger partial charge >= 0.3 is 5.97 Å². The van der Waals surface area contributed by atoms with Gasteiger partial charge in [-0.3, -0.25) is 19.3 Å². The van der Waals surface area contributed by atoms with Crippen LogP contribution in [-0.4, -0.2) is 27.8 Å². The number of ether oxygens (including phenoxy) is 1. The number of carboxylic acids is 1. The molecule has 26 heavy (non-hydrogen) atoms. The Hall–Kier alpha value is -3.15. The molecule has 0 fully saturated rings. The van der Waals surface area contributed by atoms with Crippen molar-refractivity contribution in [3.8, 4) is 5.75 Å². The molecule has 136 valence electrons. The molecule has 0 bridgehead atoms. The van der Waals surface area contributed by atoms with Crippen LogP contribution in [0.4, 0.5) is 0 Å². The minimum Gasteiger partial charge on any atom is -0.489 e. The summed E-state index contributed by atoms with van der Waals surface area (Å²) in [6, 6.07) is 16.9. The number of carbonyl (C=O) groups excluding carboxylic acids is 2. The summed E-state index contributed by atoms with van der Waals surface area (Å²) >= 11 is 0. The fourth-order valence-corrected chi connectivity index (χ4v) is 2.34. The molecule has 0 aliphatic heterocycles. The van der Waals surface area contributed by atoms with Gasteiger partial charge in [-0.2, -0.15) is 0 Å². The minimum absolute atomic E-state index is 0.104. The number of aliphatic carboxylic acids is 1. The molecule has 1 N–H and O–H groups in total. The average molecular weight is 355 g/mol. The van der Waals surface area contributed by atoms with Gasteiger partial charge in [0.2, 0.25) is 11.8 Å². The Morgan fingerprint density at radius 2 is 1.58 bits per heavy atom. The summed E-state index contributed by atoms with van der Waals surface area (Å²) in [7, 11) is 0. The highest BCUT2D eigenvalue weighted by Gasteiger charge is 2.19. The number of carbonyl (C=O) groups is 3. The van der Waals surface area contributed by atoms with Crippen LogP contribution in [-0.2, 0) is 27.5 Å². The van der Waals surface area contributed by atoms with E-state index in [0.29, 0.717) is 12.4 Å². The van der Waals surface area contributed by atoms with Crippen molar-refractivity contribution in [2.24, 2.45) is 0 Å². The lowest BCUT2D eigenvalue weighted by Crippen LogP contribution is -2.34. The van der Waals surface area contributed by atoms with Crippen LogP contribution in [0.2, 0.25) is 0 Å². The lowest BCUT2D eigenvalue weighted by atomic mass is 10.2. The van der Waals surface area contributed by atoms with E-state index >= 15 is 0 Å². The van der Waals surface area contributed by atoms with Gasteiger partial charge < -0.3 is 9.84 Å². The van der Waals surface area contributed by atoms with E-state index in [1.54, 1.807) is 24.3 Å². The van der Waals surface area contributed by atoms with Gasteiger partial charge in [-0.15, -0.1) is 0 Å². The summed E-state index contributed by atoms with van der Waals surface area (Å²) in [6.45, 7) is 1.84. The first kappa shape index (κ1) is 19.2. The normalized spacial score (nSPS) is 10.2. The van der Waals surface area contributed by atoms with Crippen LogP contribution >= 0.6 is 0 Å². The predicted molar refractivity (Wildman–Crippen MR) is 95.3 cm³/mol. The lowest BCUT2D eigenvalue weighted by molar-refractivity contribution is -0.147. The van der Waals surface area contributed by atoms with Gasteiger partial charge in [0.05, 0.1) is 13.0 Å². The van der Waals surface area contributed by atoms with E-state index in [4.69, 9.17) is 9.84 Å². The molecule has 2 amide bonds. The van der Waals surface area contributed by atoms with Crippen LogP contribution in [0.1, 0.15) is 30.9 Å². The zero-order valence-corrected chi connectivity index (χ0v) is 14.6. The SMILES string of the molecule is CC(=O)N(Cc1ccc(OCc2ccccc2)cc1)C(=O)CCC(=O)O. The van der Waals surface area contributed by atoms with E-state index in [-0.39, 0.29) is 19.4 Å². The molecule has 0 unspecified atom stereocenters. The number of imide groups is 1. The second kappa shape index (κ2) is 9.36. The molecule has 2 aromatic rings. The van der Waals surface area contributed by atoms with Crippen LogP contribution in [0.3, 0.4) is 0 Å². The predicted octanol–water partition coefficient (Wildman–Crippen LogP) is 3.01. The number of amides is 2. The minimum atomic E-state index is -1.07. The maximum atomic E-state index is 12.0. The Morgan fingerprint density at radius 1 is 0.923 bits per heavy atom. The number of rotatable bonds is 8. The molecule has 6 heteroatoms. The molecule has 2 rings (SSSR count). The quantitative estimate of drug-likeness (QED) is 0.787. The van der Waals surface area contributed by atoms with E-state index in [1.165, 1.54) is 6.92 Å². The average Bonchev–Trinajstić information content (AvgIpc) is 2.64. The Kier molecular flexibility index (Phi) is 6.91. The summed E-state index contributed by atoms with van der Waals surface area (Å²) < 4.78 is 5.70. The Morgan fingerprint density at radius 3 is 2.15 bits per heavy atom. The van der Waals surface area contributed by atoms with Crippen LogP contribution in [0.5, 0.6) is 5.75 Å². The largest absolute Gasteiger partial charge is 0.489 e. The van der Waals surface area contributed by atoms with Gasteiger partial charge in [0, 0.05) is 13.3 Å². The van der Waals surface area contributed by atoms with Crippen molar-refractivity contribution in [1.29, 1.82) is 0 Å². The van der Waals surface area contributed by atoms with Crippen molar-refractivity contribution in [2.75, 3.05) is 0 Å². The first-order valence-corrected chi connectivity index (χ1v) is 8.24. The second-order valence-corrected chi connectivity index (χ2v) is 5.81. The highest BCUT2D eigenvalue weighted by molar-refractivity contribution is 5.95. The van der Waals surface area contributed by atoms with Crippen molar-refractivity contribution in [1.82, 2.24) is 4.90 Å². The monoisotopic (exact) mass is 355 g/mol. The van der Waals surface area contributed by atoms with Gasteiger partial charge in [0.1, 0.15) is 12.4 Å². The van der Waals surface area contributed by atoms with Gasteiger partial charge in [0.15, 0.2) is 0 Å². The van der Waals surface area contributed by atoms with E-state index in [0.717, 1.165) is 16.0 Å². The number of hydrogen-bond donors (Lipinski definition) is 1. The van der Waals surface area contributed by atoms with Crippen molar-refractivity contribution in [3.05, 3.63) is 65.7 Å². The summed E-state index contributed by atoms with van der Waals surface area (Å²) in [4.78, 5) is 35.4. The summed E-state index contributed by atoms with van der Waals surface area (Å²) in [5.41, 5.74) is 1.82. The Labute approximate surface area is 152 Å². The third kappa shape index (κ3) is 6.05. The molecule has 0 radical (unpaired) electrons. The van der Waals surface area contributed by atoms with Crippen LogP contribution < -0.4 is 4.74 Å². The smallest absolute Gasteiger partial charge is 0.303 e. The van der Waals surface area contributed by atoms with Gasteiger partial charge in [-0.25, -0.2) is 0 Å². The molecule has 0 saturated heterocycles. The molecule has 0 aliphatic rings. The van der Waals surface area contributed by atoms with E-state index < -0.39 is 17.8 Å². The summed E-state index contributed by atoms with van der Waals surface area (Å²) in [5.74, 6) is -1.29.